The van der Waals surface area contributed by atoms with Gasteiger partial charge in [0.05, 0.1) is 29.8 Å². The second kappa shape index (κ2) is 13.0. The predicted molar refractivity (Wildman–Crippen MR) is 168 cm³/mol. The van der Waals surface area contributed by atoms with Crippen LogP contribution in [0, 0.1) is 23.6 Å². The number of oxazole rings is 1. The zero-order valence-electron chi connectivity index (χ0n) is 26.4. The maximum absolute atomic E-state index is 14.1. The molecule has 2 saturated carbocycles. The van der Waals surface area contributed by atoms with Crippen LogP contribution in [0.5, 0.6) is 0 Å². The molecule has 14 heteroatoms. The van der Waals surface area contributed by atoms with Gasteiger partial charge in [0, 0.05) is 37.0 Å². The van der Waals surface area contributed by atoms with Crippen molar-refractivity contribution in [3.63, 3.8) is 0 Å². The van der Waals surface area contributed by atoms with Gasteiger partial charge in [-0.2, -0.15) is 9.29 Å². The summed E-state index contributed by atoms with van der Waals surface area (Å²) in [6.07, 6.45) is 0.502. The van der Waals surface area contributed by atoms with E-state index in [4.69, 9.17) is 18.6 Å². The van der Waals surface area contributed by atoms with Crippen molar-refractivity contribution in [2.75, 3.05) is 25.0 Å². The first-order valence-electron chi connectivity index (χ1n) is 16.4. The topological polar surface area (TPSA) is 152 Å². The van der Waals surface area contributed by atoms with Gasteiger partial charge in [-0.25, -0.2) is 17.6 Å². The summed E-state index contributed by atoms with van der Waals surface area (Å²) >= 11 is 0. The zero-order chi connectivity index (χ0) is 32.9. The first kappa shape index (κ1) is 32.3. The Bertz CT molecular complexity index is 1710. The molecule has 7 rings (SSSR count). The number of aromatic nitrogens is 1. The Hall–Kier alpha value is -3.30. The van der Waals surface area contributed by atoms with Crippen molar-refractivity contribution in [1.29, 1.82) is 0 Å². The Labute approximate surface area is 273 Å². The van der Waals surface area contributed by atoms with Gasteiger partial charge in [0.1, 0.15) is 17.4 Å². The number of halogens is 1. The fourth-order valence-electron chi connectivity index (χ4n) is 6.93. The van der Waals surface area contributed by atoms with Crippen LogP contribution >= 0.6 is 0 Å². The van der Waals surface area contributed by atoms with Crippen molar-refractivity contribution in [1.82, 2.24) is 14.6 Å². The largest absolute Gasteiger partial charge is 0.443 e. The van der Waals surface area contributed by atoms with Gasteiger partial charge >= 0.3 is 6.09 Å². The average molecular weight is 673 g/mol. The number of hydrogen-bond donors (Lipinski definition) is 3. The molecular formula is C33H41FN4O8S. The van der Waals surface area contributed by atoms with E-state index in [2.05, 4.69) is 15.6 Å². The molecule has 3 aromatic rings. The van der Waals surface area contributed by atoms with E-state index in [0.29, 0.717) is 41.2 Å². The number of benzene rings is 2. The van der Waals surface area contributed by atoms with Crippen LogP contribution in [-0.4, -0.2) is 85.3 Å². The SMILES string of the molecule is CC(C)CN(C[C@@H](O)[C@H](Cc1cccc(F)c1)NC(=O)OC1C2COC3OC1CC3C2)S(=O)(=O)c1ccc2nc(NC3CC3)oc2c1. The molecule has 3 heterocycles. The van der Waals surface area contributed by atoms with Gasteiger partial charge in [0.25, 0.3) is 6.01 Å². The smallest absolute Gasteiger partial charge is 0.407 e. The van der Waals surface area contributed by atoms with E-state index in [0.717, 1.165) is 25.7 Å². The fourth-order valence-corrected chi connectivity index (χ4v) is 8.56. The summed E-state index contributed by atoms with van der Waals surface area (Å²) in [5.74, 6) is -0.251. The number of anilines is 1. The van der Waals surface area contributed by atoms with Gasteiger partial charge in [-0.1, -0.05) is 26.0 Å². The third kappa shape index (κ3) is 7.12. The number of nitrogens with one attached hydrogen (secondary N) is 2. The quantitative estimate of drug-likeness (QED) is 0.243. The van der Waals surface area contributed by atoms with Crippen LogP contribution in [0.15, 0.2) is 51.8 Å². The Morgan fingerprint density at radius 2 is 1.98 bits per heavy atom. The molecule has 3 N–H and O–H groups in total. The van der Waals surface area contributed by atoms with Crippen molar-refractivity contribution in [3.8, 4) is 0 Å². The lowest BCUT2D eigenvalue weighted by Gasteiger charge is -2.37. The first-order chi connectivity index (χ1) is 22.5. The number of carbonyl (C=O) groups is 1. The van der Waals surface area contributed by atoms with Crippen molar-refractivity contribution in [2.45, 2.75) is 87.5 Å². The van der Waals surface area contributed by atoms with Gasteiger partial charge in [0.15, 0.2) is 11.9 Å². The summed E-state index contributed by atoms with van der Waals surface area (Å²) in [5, 5.41) is 17.6. The number of fused-ring (bicyclic) bond motifs is 3. The molecule has 5 unspecified atom stereocenters. The highest BCUT2D eigenvalue weighted by atomic mass is 32.2. The number of nitrogens with zero attached hydrogens (tertiary/aromatic N) is 2. The summed E-state index contributed by atoms with van der Waals surface area (Å²) in [5.41, 5.74) is 1.37. The van der Waals surface area contributed by atoms with Crippen LogP contribution in [0.25, 0.3) is 11.1 Å². The van der Waals surface area contributed by atoms with Gasteiger partial charge < -0.3 is 34.4 Å². The highest BCUT2D eigenvalue weighted by Crippen LogP contribution is 2.46. The molecule has 2 aromatic carbocycles. The molecule has 4 aliphatic rings. The second-order valence-electron chi connectivity index (χ2n) is 13.7. The van der Waals surface area contributed by atoms with Crippen molar-refractivity contribution >= 4 is 33.2 Å². The lowest BCUT2D eigenvalue weighted by atomic mass is 9.78. The fraction of sp³-hybridized carbons (Fsp3) is 0.576. The number of carbonyl (C=O) groups excluding carboxylic acids is 1. The third-order valence-corrected chi connectivity index (χ3v) is 11.2. The lowest BCUT2D eigenvalue weighted by Crippen LogP contribution is -2.53. The Morgan fingerprint density at radius 3 is 2.74 bits per heavy atom. The van der Waals surface area contributed by atoms with E-state index in [1.807, 2.05) is 13.8 Å². The Balaban J connectivity index is 1.10. The van der Waals surface area contributed by atoms with Crippen LogP contribution in [0.2, 0.25) is 0 Å². The molecule has 7 atom stereocenters. The number of aliphatic hydroxyl groups excluding tert-OH is 1. The van der Waals surface area contributed by atoms with E-state index in [1.54, 1.807) is 18.2 Å². The summed E-state index contributed by atoms with van der Waals surface area (Å²) in [4.78, 5) is 17.7. The standard InChI is InChI=1S/C33H41FN4O8S/c1-18(2)15-38(47(41,42)24-8-9-25-28(14-24)45-32(36-25)35-23-6-7-23)16-27(39)26(11-19-4-3-5-22(34)10-19)37-33(40)46-30-21-12-20-13-29(30)44-31(20)43-17-21/h3-5,8-10,14,18,20-21,23,26-27,29-31,39H,6-7,11-13,15-17H2,1-2H3,(H,35,36)(H,37,40)/t20?,21?,26-,27+,29?,30?,31?/m0/s1. The van der Waals surface area contributed by atoms with Crippen LogP contribution in [0.1, 0.15) is 45.1 Å². The number of amides is 1. The molecule has 3 bridgehead atoms. The van der Waals surface area contributed by atoms with E-state index >= 15 is 0 Å². The number of hydrogen-bond acceptors (Lipinski definition) is 10. The maximum atomic E-state index is 14.1. The molecule has 2 aliphatic heterocycles. The van der Waals surface area contributed by atoms with E-state index in [9.17, 15) is 22.7 Å². The van der Waals surface area contributed by atoms with Crippen LogP contribution in [-0.2, 0) is 30.7 Å². The molecule has 12 nitrogen and oxygen atoms in total. The van der Waals surface area contributed by atoms with E-state index < -0.39 is 40.2 Å². The molecule has 2 saturated heterocycles. The van der Waals surface area contributed by atoms with Gasteiger partial charge in [-0.15, -0.1) is 0 Å². The van der Waals surface area contributed by atoms with Crippen LogP contribution < -0.4 is 10.6 Å². The maximum Gasteiger partial charge on any atom is 0.407 e. The number of ether oxygens (including phenoxy) is 3. The summed E-state index contributed by atoms with van der Waals surface area (Å²) in [7, 11) is -4.13. The number of sulfonamides is 1. The Morgan fingerprint density at radius 1 is 1.15 bits per heavy atom. The van der Waals surface area contributed by atoms with Gasteiger partial charge in [-0.3, -0.25) is 0 Å². The molecule has 1 amide bonds. The Kier molecular flexibility index (Phi) is 8.89. The van der Waals surface area contributed by atoms with Crippen LogP contribution in [0.4, 0.5) is 15.2 Å². The molecule has 0 spiro atoms. The minimum Gasteiger partial charge on any atom is -0.443 e. The van der Waals surface area contributed by atoms with E-state index in [1.165, 1.54) is 28.6 Å². The van der Waals surface area contributed by atoms with Gasteiger partial charge in [0.2, 0.25) is 10.0 Å². The minimum absolute atomic E-state index is 0.00351. The molecule has 2 aliphatic carbocycles. The van der Waals surface area contributed by atoms with E-state index in [-0.39, 0.29) is 48.6 Å². The molecular weight excluding hydrogens is 631 g/mol. The minimum atomic E-state index is -4.13. The summed E-state index contributed by atoms with van der Waals surface area (Å²) < 4.78 is 66.8. The molecule has 254 valence electrons. The molecule has 0 radical (unpaired) electrons. The second-order valence-corrected chi connectivity index (χ2v) is 15.6. The zero-order valence-corrected chi connectivity index (χ0v) is 27.2. The monoisotopic (exact) mass is 672 g/mol. The number of rotatable bonds is 13. The summed E-state index contributed by atoms with van der Waals surface area (Å²) in [6.45, 7) is 3.96. The third-order valence-electron chi connectivity index (χ3n) is 9.36. The van der Waals surface area contributed by atoms with Gasteiger partial charge in [-0.05, 0) is 67.9 Å². The first-order valence-corrected chi connectivity index (χ1v) is 17.8. The summed E-state index contributed by atoms with van der Waals surface area (Å²) in [6, 6.07) is 10.0. The molecule has 1 aromatic heterocycles. The number of aliphatic hydroxyl groups is 1. The highest BCUT2D eigenvalue weighted by molar-refractivity contribution is 7.89. The molecule has 4 fully saturated rings. The number of alkyl carbamates (subject to hydrolysis) is 1. The van der Waals surface area contributed by atoms with Crippen molar-refractivity contribution in [3.05, 3.63) is 53.8 Å². The highest BCUT2D eigenvalue weighted by Gasteiger charge is 2.53. The van der Waals surface area contributed by atoms with Crippen molar-refractivity contribution in [2.24, 2.45) is 17.8 Å². The van der Waals surface area contributed by atoms with Crippen molar-refractivity contribution < 1.29 is 41.3 Å². The lowest BCUT2D eigenvalue weighted by molar-refractivity contribution is -0.153. The normalized spacial score (nSPS) is 26.6. The predicted octanol–water partition coefficient (Wildman–Crippen LogP) is 4.04. The molecule has 47 heavy (non-hydrogen) atoms. The average Bonchev–Trinajstić information content (AvgIpc) is 3.65. The van der Waals surface area contributed by atoms with Crippen LogP contribution in [0.3, 0.4) is 0 Å².